The molecule has 0 atom stereocenters. The molecule has 6 aromatic carbocycles. The molecule has 0 aliphatic heterocycles. The first-order valence-corrected chi connectivity index (χ1v) is 17.0. The smallest absolute Gasteiger partial charge is 0.189 e. The zero-order valence-corrected chi connectivity index (χ0v) is 26.5. The van der Waals surface area contributed by atoms with Crippen LogP contribution in [0.3, 0.4) is 0 Å². The Morgan fingerprint density at radius 1 is 0.565 bits per heavy atom. The summed E-state index contributed by atoms with van der Waals surface area (Å²) in [4.78, 5) is 20.6. The van der Waals surface area contributed by atoms with Crippen molar-refractivity contribution in [3.05, 3.63) is 193 Å². The molecule has 0 aliphatic carbocycles. The normalized spacial score (nSPS) is 11.7. The highest BCUT2D eigenvalue weighted by atomic mass is 31.2. The number of nitrogens with zero attached hydrogens (tertiary/aromatic N) is 1. The average molecular weight is 616 g/mol. The summed E-state index contributed by atoms with van der Waals surface area (Å²) >= 11 is 0. The van der Waals surface area contributed by atoms with E-state index in [1.807, 2.05) is 109 Å². The highest BCUT2D eigenvalue weighted by Crippen LogP contribution is 2.48. The molecule has 4 heteroatoms. The first-order valence-electron chi connectivity index (χ1n) is 15.2. The first-order chi connectivity index (χ1) is 22.7. The van der Waals surface area contributed by atoms with E-state index in [0.29, 0.717) is 16.8 Å². The molecule has 0 saturated heterocycles. The van der Waals surface area contributed by atoms with Crippen LogP contribution in [0.25, 0.3) is 6.08 Å². The molecule has 0 amide bonds. The third kappa shape index (κ3) is 6.33. The third-order valence-electron chi connectivity index (χ3n) is 7.81. The lowest BCUT2D eigenvalue weighted by Gasteiger charge is -2.33. The fourth-order valence-electron chi connectivity index (χ4n) is 5.76. The second kappa shape index (κ2) is 14.5. The molecule has 0 unspecified atom stereocenters. The molecule has 0 N–H and O–H groups in total. The van der Waals surface area contributed by atoms with E-state index in [1.54, 1.807) is 13.2 Å². The van der Waals surface area contributed by atoms with Gasteiger partial charge in [-0.05, 0) is 58.7 Å². The van der Waals surface area contributed by atoms with Crippen LogP contribution in [-0.2, 0) is 4.79 Å². The number of ether oxygens (including phenoxy) is 1. The van der Waals surface area contributed by atoms with E-state index in [0.717, 1.165) is 32.7 Å². The van der Waals surface area contributed by atoms with Gasteiger partial charge in [0, 0.05) is 5.56 Å². The lowest BCUT2D eigenvalue weighted by molar-refractivity contribution is -0.108. The van der Waals surface area contributed by atoms with Crippen molar-refractivity contribution in [2.75, 3.05) is 7.11 Å². The molecule has 6 aromatic rings. The predicted octanol–water partition coefficient (Wildman–Crippen LogP) is 8.27. The number of rotatable bonds is 10. The molecule has 0 spiro atoms. The number of allylic oxidation sites excluding steroid dienone is 1. The van der Waals surface area contributed by atoms with Gasteiger partial charge in [-0.3, -0.25) is 4.79 Å². The van der Waals surface area contributed by atoms with Crippen molar-refractivity contribution in [3.63, 3.8) is 0 Å². The molecule has 0 fully saturated rings. The standard InChI is InChI=1S/C42H34NO2P/c1-45-40-30-18-17-29-38(40)41(43-34-21-9-3-10-22-34)42(39(44)32-31-33-19-7-2-8-20-33)46(35-23-11-4-12-24-35,36-25-13-5-14-26-36)37-27-15-6-16-28-37/h2-32H,1H3/b32-31-,43-41?. The second-order valence-electron chi connectivity index (χ2n) is 10.6. The van der Waals surface area contributed by atoms with Crippen molar-refractivity contribution < 1.29 is 9.53 Å². The minimum absolute atomic E-state index is 0.116. The summed E-state index contributed by atoms with van der Waals surface area (Å²) in [7, 11) is 1.66. The SMILES string of the molecule is COc1ccccc1C(=Nc1ccccc1)C(C(=O)/C=C\c1ccccc1)=P(c1ccccc1)(c1ccccc1)c1ccccc1. The molecular weight excluding hydrogens is 581 g/mol. The lowest BCUT2D eigenvalue weighted by atomic mass is 10.0. The Morgan fingerprint density at radius 3 is 1.50 bits per heavy atom. The summed E-state index contributed by atoms with van der Waals surface area (Å²) in [6, 6.07) is 58.8. The van der Waals surface area contributed by atoms with Crippen molar-refractivity contribution in [1.82, 2.24) is 0 Å². The van der Waals surface area contributed by atoms with Crippen LogP contribution in [-0.4, -0.2) is 23.9 Å². The number of carbonyl (C=O) groups is 1. The summed E-state index contributed by atoms with van der Waals surface area (Å²) in [5.74, 6) is 0.524. The molecule has 0 aliphatic rings. The fraction of sp³-hybridized carbons (Fsp3) is 0.0238. The number of carbonyl (C=O) groups excluding carboxylic acids is 1. The molecule has 0 heterocycles. The average Bonchev–Trinajstić information content (AvgIpc) is 3.14. The molecule has 0 aromatic heterocycles. The van der Waals surface area contributed by atoms with Crippen LogP contribution in [0.2, 0.25) is 0 Å². The van der Waals surface area contributed by atoms with E-state index in [2.05, 4.69) is 72.8 Å². The Labute approximate surface area is 271 Å². The minimum atomic E-state index is -2.90. The molecule has 0 radical (unpaired) electrons. The predicted molar refractivity (Wildman–Crippen MR) is 196 cm³/mol. The maximum atomic E-state index is 15.3. The Kier molecular flexibility index (Phi) is 9.63. The largest absolute Gasteiger partial charge is 0.496 e. The molecule has 3 nitrogen and oxygen atoms in total. The van der Waals surface area contributed by atoms with Gasteiger partial charge in [-0.15, -0.1) is 0 Å². The number of benzene rings is 6. The molecule has 6 rings (SSSR count). The molecule has 224 valence electrons. The summed E-state index contributed by atoms with van der Waals surface area (Å²) in [6.07, 6.45) is 3.59. The van der Waals surface area contributed by atoms with Crippen molar-refractivity contribution in [1.29, 1.82) is 0 Å². The Balaban J connectivity index is 1.86. The van der Waals surface area contributed by atoms with Crippen LogP contribution in [0.1, 0.15) is 11.1 Å². The summed E-state index contributed by atoms with van der Waals surface area (Å²) in [5, 5.41) is 3.79. The maximum Gasteiger partial charge on any atom is 0.189 e. The molecule has 0 saturated carbocycles. The Hall–Kier alpha value is -5.50. The monoisotopic (exact) mass is 615 g/mol. The number of methoxy groups -OCH3 is 1. The fourth-order valence-corrected chi connectivity index (χ4v) is 10.2. The summed E-state index contributed by atoms with van der Waals surface area (Å²) < 4.78 is 5.94. The highest BCUT2D eigenvalue weighted by Gasteiger charge is 2.36. The van der Waals surface area contributed by atoms with Crippen molar-refractivity contribution in [2.45, 2.75) is 0 Å². The van der Waals surface area contributed by atoms with Crippen LogP contribution >= 0.6 is 6.89 Å². The van der Waals surface area contributed by atoms with Crippen LogP contribution in [0.5, 0.6) is 5.75 Å². The van der Waals surface area contributed by atoms with Crippen molar-refractivity contribution >= 4 is 51.4 Å². The zero-order chi connectivity index (χ0) is 31.6. The minimum Gasteiger partial charge on any atom is -0.496 e. The van der Waals surface area contributed by atoms with Gasteiger partial charge >= 0.3 is 0 Å². The second-order valence-corrected chi connectivity index (χ2v) is 14.0. The maximum absolute atomic E-state index is 15.3. The van der Waals surface area contributed by atoms with E-state index < -0.39 is 6.89 Å². The van der Waals surface area contributed by atoms with Crippen LogP contribution < -0.4 is 20.7 Å². The highest BCUT2D eigenvalue weighted by molar-refractivity contribution is 7.98. The quantitative estimate of drug-likeness (QED) is 0.0884. The number of para-hydroxylation sites is 2. The number of hydrogen-bond acceptors (Lipinski definition) is 3. The van der Waals surface area contributed by atoms with Crippen molar-refractivity contribution in [3.8, 4) is 5.75 Å². The van der Waals surface area contributed by atoms with Crippen LogP contribution in [0.15, 0.2) is 187 Å². The van der Waals surface area contributed by atoms with Gasteiger partial charge in [0.1, 0.15) is 5.75 Å². The molecule has 0 bridgehead atoms. The number of hydrogen-bond donors (Lipinski definition) is 0. The molecular formula is C42H34NO2P. The van der Waals surface area contributed by atoms with Gasteiger partial charge in [0.25, 0.3) is 0 Å². The van der Waals surface area contributed by atoms with Crippen molar-refractivity contribution in [2.24, 2.45) is 4.99 Å². The van der Waals surface area contributed by atoms with Gasteiger partial charge in [0.2, 0.25) is 0 Å². The number of ketones is 1. The van der Waals surface area contributed by atoms with Gasteiger partial charge in [0.15, 0.2) is 5.78 Å². The first kappa shape index (κ1) is 30.5. The van der Waals surface area contributed by atoms with E-state index >= 15 is 4.79 Å². The van der Waals surface area contributed by atoms with Gasteiger partial charge < -0.3 is 4.74 Å². The van der Waals surface area contributed by atoms with Crippen LogP contribution in [0, 0.1) is 0 Å². The molecule has 46 heavy (non-hydrogen) atoms. The van der Waals surface area contributed by atoms with E-state index in [-0.39, 0.29) is 5.78 Å². The van der Waals surface area contributed by atoms with Gasteiger partial charge in [-0.1, -0.05) is 158 Å². The topological polar surface area (TPSA) is 38.7 Å². The van der Waals surface area contributed by atoms with Gasteiger partial charge in [-0.2, -0.15) is 0 Å². The van der Waals surface area contributed by atoms with Gasteiger partial charge in [0.05, 0.1) is 23.8 Å². The van der Waals surface area contributed by atoms with Crippen LogP contribution in [0.4, 0.5) is 5.69 Å². The van der Waals surface area contributed by atoms with E-state index in [9.17, 15) is 0 Å². The number of aliphatic imine (C=N–C) groups is 1. The zero-order valence-electron chi connectivity index (χ0n) is 25.6. The Morgan fingerprint density at radius 2 is 1.00 bits per heavy atom. The lowest BCUT2D eigenvalue weighted by Crippen LogP contribution is -2.37. The Bertz CT molecular complexity index is 1920. The van der Waals surface area contributed by atoms with E-state index in [1.165, 1.54) is 0 Å². The third-order valence-corrected chi connectivity index (χ3v) is 12.1. The van der Waals surface area contributed by atoms with E-state index in [4.69, 9.17) is 9.73 Å². The summed E-state index contributed by atoms with van der Waals surface area (Å²) in [5.41, 5.74) is 3.01. The summed E-state index contributed by atoms with van der Waals surface area (Å²) in [6.45, 7) is -2.90. The van der Waals surface area contributed by atoms with Gasteiger partial charge in [-0.25, -0.2) is 4.99 Å².